The Kier molecular flexibility index (Phi) is 9.74. The van der Waals surface area contributed by atoms with Crippen LogP contribution in [0.15, 0.2) is 34.6 Å². The summed E-state index contributed by atoms with van der Waals surface area (Å²) in [5.41, 5.74) is 0.764. The minimum Gasteiger partial charge on any atom is -0.478 e. The summed E-state index contributed by atoms with van der Waals surface area (Å²) in [6.07, 6.45) is 3.85. The number of ether oxygens (including phenoxy) is 1. The number of likely N-dealkylation sites (N-methyl/N-ethyl adjacent to an activating group) is 1. The molecule has 3 aromatic rings. The van der Waals surface area contributed by atoms with E-state index in [1.54, 1.807) is 0 Å². The lowest BCUT2D eigenvalue weighted by atomic mass is 9.93. The number of amides is 2. The van der Waals surface area contributed by atoms with Crippen molar-refractivity contribution in [1.29, 1.82) is 0 Å². The third kappa shape index (κ3) is 8.41. The summed E-state index contributed by atoms with van der Waals surface area (Å²) in [6, 6.07) is 3.00. The number of fused-ring (bicyclic) bond motifs is 1. The molecule has 0 saturated carbocycles. The van der Waals surface area contributed by atoms with Gasteiger partial charge in [0.1, 0.15) is 17.6 Å². The number of carbonyl (C=O) groups excluding carboxylic acids is 2. The summed E-state index contributed by atoms with van der Waals surface area (Å²) in [5.74, 6) is -1.37. The van der Waals surface area contributed by atoms with Crippen molar-refractivity contribution in [2.24, 2.45) is 0 Å². The monoisotopic (exact) mass is 626 g/mol. The van der Waals surface area contributed by atoms with Crippen LogP contribution in [0.1, 0.15) is 55.2 Å². The van der Waals surface area contributed by atoms with Crippen LogP contribution in [0.4, 0.5) is 15.7 Å². The molecule has 0 spiro atoms. The predicted octanol–water partition coefficient (Wildman–Crippen LogP) is 3.20. The molecule has 0 bridgehead atoms. The van der Waals surface area contributed by atoms with E-state index in [9.17, 15) is 24.3 Å². The van der Waals surface area contributed by atoms with Gasteiger partial charge in [0.25, 0.3) is 11.5 Å². The van der Waals surface area contributed by atoms with Gasteiger partial charge in [0.15, 0.2) is 5.13 Å². The van der Waals surface area contributed by atoms with Crippen LogP contribution >= 0.6 is 11.3 Å². The predicted molar refractivity (Wildman–Crippen MR) is 170 cm³/mol. The van der Waals surface area contributed by atoms with Gasteiger partial charge in [-0.3, -0.25) is 19.3 Å². The highest BCUT2D eigenvalue weighted by molar-refractivity contribution is 7.14. The van der Waals surface area contributed by atoms with Crippen LogP contribution in [0.3, 0.4) is 0 Å². The second-order valence-corrected chi connectivity index (χ2v) is 13.6. The second-order valence-electron chi connectivity index (χ2n) is 12.8. The number of aliphatic carboxylic acids is 1. The molecular weight excluding hydrogens is 586 g/mol. The van der Waals surface area contributed by atoms with Gasteiger partial charge in [-0.25, -0.2) is 19.6 Å². The molecule has 1 atom stereocenters. The van der Waals surface area contributed by atoms with E-state index < -0.39 is 29.6 Å². The zero-order valence-corrected chi connectivity index (χ0v) is 26.7. The number of carboxylic acid groups (broad SMARTS) is 1. The third-order valence-corrected chi connectivity index (χ3v) is 7.75. The number of nitrogens with zero attached hydrogens (tertiary/aromatic N) is 5. The number of thiazole rings is 1. The van der Waals surface area contributed by atoms with Gasteiger partial charge in [0, 0.05) is 35.2 Å². The average Bonchev–Trinajstić information content (AvgIpc) is 3.40. The lowest BCUT2D eigenvalue weighted by molar-refractivity contribution is -0.869. The van der Waals surface area contributed by atoms with Crippen molar-refractivity contribution < 1.29 is 28.7 Å². The van der Waals surface area contributed by atoms with E-state index in [4.69, 9.17) is 9.72 Å². The fourth-order valence-electron chi connectivity index (χ4n) is 4.58. The summed E-state index contributed by atoms with van der Waals surface area (Å²) >= 11 is 1.33. The van der Waals surface area contributed by atoms with Gasteiger partial charge in [-0.15, -0.1) is 11.3 Å². The number of aromatic nitrogens is 3. The zero-order valence-electron chi connectivity index (χ0n) is 25.9. The highest BCUT2D eigenvalue weighted by atomic mass is 32.1. The molecule has 0 radical (unpaired) electrons. The van der Waals surface area contributed by atoms with Crippen molar-refractivity contribution in [3.63, 3.8) is 0 Å². The Morgan fingerprint density at radius 2 is 1.98 bits per heavy atom. The third-order valence-electron chi connectivity index (χ3n) is 7.00. The Balaban J connectivity index is 1.60. The van der Waals surface area contributed by atoms with Crippen molar-refractivity contribution >= 4 is 52.0 Å². The molecule has 236 valence electrons. The maximum Gasteiger partial charge on any atom is 0.407 e. The summed E-state index contributed by atoms with van der Waals surface area (Å²) in [4.78, 5) is 61.5. The molecule has 0 aliphatic carbocycles. The number of quaternary nitrogens is 1. The summed E-state index contributed by atoms with van der Waals surface area (Å²) in [6.45, 7) is 8.09. The number of carbonyl (C=O) groups is 3. The van der Waals surface area contributed by atoms with Crippen molar-refractivity contribution in [3.8, 4) is 0 Å². The average molecular weight is 627 g/mol. The SMILES string of the molecule is CC(C)(C)c1csc(NC(=O)c2ccn3c(=O)c(C=CC(=O)O)c(N4CCC[C@@H](OC(=O)NCC[N+](C)(C)C)C4)nc3c2)n1. The lowest BCUT2D eigenvalue weighted by Gasteiger charge is -2.34. The first-order valence-electron chi connectivity index (χ1n) is 14.4. The number of anilines is 2. The number of hydrogen-bond donors (Lipinski definition) is 3. The second kappa shape index (κ2) is 13.1. The maximum atomic E-state index is 13.6. The molecular formula is C30H40N7O6S+. The summed E-state index contributed by atoms with van der Waals surface area (Å²) < 4.78 is 7.62. The molecule has 3 N–H and O–H groups in total. The van der Waals surface area contributed by atoms with Gasteiger partial charge in [-0.2, -0.15) is 0 Å². The molecule has 4 heterocycles. The fourth-order valence-corrected chi connectivity index (χ4v) is 5.51. The number of piperidine rings is 1. The van der Waals surface area contributed by atoms with E-state index in [-0.39, 0.29) is 34.6 Å². The highest BCUT2D eigenvalue weighted by Crippen LogP contribution is 2.27. The molecule has 1 fully saturated rings. The van der Waals surface area contributed by atoms with E-state index in [0.29, 0.717) is 35.5 Å². The molecule has 0 aromatic carbocycles. The number of nitrogens with one attached hydrogen (secondary N) is 2. The number of hydrogen-bond acceptors (Lipinski definition) is 9. The first-order chi connectivity index (χ1) is 20.6. The zero-order chi connectivity index (χ0) is 32.2. The molecule has 2 amide bonds. The molecule has 4 rings (SSSR count). The van der Waals surface area contributed by atoms with Gasteiger partial charge in [0.2, 0.25) is 0 Å². The van der Waals surface area contributed by atoms with Crippen molar-refractivity contribution in [2.45, 2.75) is 45.1 Å². The Hall–Kier alpha value is -4.30. The van der Waals surface area contributed by atoms with Gasteiger partial charge in [-0.1, -0.05) is 20.8 Å². The van der Waals surface area contributed by atoms with Crippen LogP contribution in [-0.4, -0.2) is 95.4 Å². The molecule has 1 aliphatic rings. The van der Waals surface area contributed by atoms with E-state index in [0.717, 1.165) is 18.3 Å². The van der Waals surface area contributed by atoms with Crippen LogP contribution in [0.25, 0.3) is 11.7 Å². The van der Waals surface area contributed by atoms with Crippen LogP contribution in [0.2, 0.25) is 0 Å². The fraction of sp³-hybridized carbons (Fsp3) is 0.467. The quantitative estimate of drug-likeness (QED) is 0.240. The van der Waals surface area contributed by atoms with Gasteiger partial charge in [0.05, 0.1) is 52.0 Å². The first kappa shape index (κ1) is 32.6. The standard InChI is InChI=1S/C30H39N7O6S/c1-30(2,3)22-18-44-28(32-22)34-26(40)19-11-14-36-23(16-19)33-25(21(27(36)41)9-10-24(38)39)35-13-7-8-20(17-35)43-29(42)31-12-15-37(4,5)6/h9-11,14,16,18,20H,7-8,12-13,15,17H2,1-6H3,(H2-,31,32,34,38,39,40,42)/p+1/t20-/m1/s1. The van der Waals surface area contributed by atoms with Gasteiger partial charge < -0.3 is 24.5 Å². The number of pyridine rings is 1. The Morgan fingerprint density at radius 1 is 1.23 bits per heavy atom. The van der Waals surface area contributed by atoms with E-state index >= 15 is 0 Å². The van der Waals surface area contributed by atoms with Crippen molar-refractivity contribution in [2.75, 3.05) is 57.5 Å². The highest BCUT2D eigenvalue weighted by Gasteiger charge is 2.27. The normalized spacial score (nSPS) is 15.9. The Bertz CT molecular complexity index is 1630. The molecule has 0 unspecified atom stereocenters. The minimum absolute atomic E-state index is 0.0765. The minimum atomic E-state index is -1.21. The van der Waals surface area contributed by atoms with E-state index in [2.05, 4.69) is 15.6 Å². The number of carboxylic acids is 1. The van der Waals surface area contributed by atoms with Crippen molar-refractivity contribution in [3.05, 3.63) is 57.0 Å². The van der Waals surface area contributed by atoms with E-state index in [1.807, 2.05) is 52.2 Å². The molecule has 1 saturated heterocycles. The van der Waals surface area contributed by atoms with Gasteiger partial charge >= 0.3 is 12.1 Å². The molecule has 13 nitrogen and oxygen atoms in total. The molecule has 1 aliphatic heterocycles. The molecule has 14 heteroatoms. The van der Waals surface area contributed by atoms with Crippen LogP contribution in [0, 0.1) is 0 Å². The maximum absolute atomic E-state index is 13.6. The smallest absolute Gasteiger partial charge is 0.407 e. The summed E-state index contributed by atoms with van der Waals surface area (Å²) in [5, 5.41) is 17.2. The van der Waals surface area contributed by atoms with Gasteiger partial charge in [-0.05, 0) is 31.1 Å². The number of alkyl carbamates (subject to hydrolysis) is 1. The largest absolute Gasteiger partial charge is 0.478 e. The Morgan fingerprint density at radius 3 is 2.64 bits per heavy atom. The Labute approximate surface area is 259 Å². The van der Waals surface area contributed by atoms with Crippen LogP contribution in [0.5, 0.6) is 0 Å². The molecule has 3 aromatic heterocycles. The number of rotatable bonds is 9. The van der Waals surface area contributed by atoms with Crippen molar-refractivity contribution in [1.82, 2.24) is 19.7 Å². The van der Waals surface area contributed by atoms with Crippen LogP contribution in [-0.2, 0) is 14.9 Å². The summed E-state index contributed by atoms with van der Waals surface area (Å²) in [7, 11) is 6.08. The van der Waals surface area contributed by atoms with Crippen LogP contribution < -0.4 is 21.1 Å². The van der Waals surface area contributed by atoms with E-state index in [1.165, 1.54) is 40.1 Å². The molecule has 44 heavy (non-hydrogen) atoms. The first-order valence-corrected chi connectivity index (χ1v) is 15.2. The lowest BCUT2D eigenvalue weighted by Crippen LogP contribution is -2.45. The topological polar surface area (TPSA) is 155 Å².